The van der Waals surface area contributed by atoms with Crippen LogP contribution in [-0.2, 0) is 24.3 Å². The summed E-state index contributed by atoms with van der Waals surface area (Å²) in [4.78, 5) is 23.2. The lowest BCUT2D eigenvalue weighted by Gasteiger charge is -2.13. The zero-order valence-electron chi connectivity index (χ0n) is 13.5. The quantitative estimate of drug-likeness (QED) is 0.590. The second-order valence-corrected chi connectivity index (χ2v) is 7.76. The molecule has 9 heteroatoms. The standard InChI is InChI=1S/C15H21BrN2O5S/c1-3-23-15(20)10-11(2)18-14(19)8-9-17-24(21,22)13-6-4-12(16)5-7-13/h4-7,11,17H,3,8-10H2,1-2H3,(H,18,19)/t11-/m0/s1. The van der Waals surface area contributed by atoms with Crippen molar-refractivity contribution in [2.75, 3.05) is 13.2 Å². The highest BCUT2D eigenvalue weighted by Gasteiger charge is 2.15. The Morgan fingerprint density at radius 3 is 2.46 bits per heavy atom. The monoisotopic (exact) mass is 420 g/mol. The third-order valence-electron chi connectivity index (χ3n) is 2.95. The van der Waals surface area contributed by atoms with Crippen LogP contribution in [-0.4, -0.2) is 39.5 Å². The smallest absolute Gasteiger partial charge is 0.307 e. The minimum absolute atomic E-state index is 0.0249. The molecule has 0 radical (unpaired) electrons. The first kappa shape index (κ1) is 20.6. The van der Waals surface area contributed by atoms with Crippen LogP contribution in [0.3, 0.4) is 0 Å². The molecule has 0 aliphatic carbocycles. The molecule has 0 saturated heterocycles. The molecule has 1 aromatic rings. The molecule has 1 rings (SSSR count). The van der Waals surface area contributed by atoms with Gasteiger partial charge in [-0.05, 0) is 38.1 Å². The van der Waals surface area contributed by atoms with Crippen molar-refractivity contribution >= 4 is 37.8 Å². The number of benzene rings is 1. The van der Waals surface area contributed by atoms with Crippen LogP contribution in [0.2, 0.25) is 0 Å². The summed E-state index contributed by atoms with van der Waals surface area (Å²) in [6.45, 7) is 3.65. The van der Waals surface area contributed by atoms with Gasteiger partial charge in [0.2, 0.25) is 15.9 Å². The molecule has 1 amide bonds. The Hall–Kier alpha value is -1.45. The Balaban J connectivity index is 2.39. The van der Waals surface area contributed by atoms with E-state index in [1.54, 1.807) is 26.0 Å². The summed E-state index contributed by atoms with van der Waals surface area (Å²) >= 11 is 3.23. The van der Waals surface area contributed by atoms with Crippen molar-refractivity contribution in [2.24, 2.45) is 0 Å². The van der Waals surface area contributed by atoms with E-state index >= 15 is 0 Å². The van der Waals surface area contributed by atoms with E-state index in [1.165, 1.54) is 12.1 Å². The molecule has 134 valence electrons. The number of amides is 1. The van der Waals surface area contributed by atoms with Gasteiger partial charge in [-0.15, -0.1) is 0 Å². The summed E-state index contributed by atoms with van der Waals surface area (Å²) in [5.41, 5.74) is 0. The molecule has 0 aliphatic rings. The first-order chi connectivity index (χ1) is 11.2. The van der Waals surface area contributed by atoms with Crippen LogP contribution in [0.4, 0.5) is 0 Å². The van der Waals surface area contributed by atoms with Crippen molar-refractivity contribution in [1.29, 1.82) is 0 Å². The minimum Gasteiger partial charge on any atom is -0.466 e. The maximum absolute atomic E-state index is 12.0. The summed E-state index contributed by atoms with van der Waals surface area (Å²) < 4.78 is 32.0. The maximum Gasteiger partial charge on any atom is 0.307 e. The van der Waals surface area contributed by atoms with Gasteiger partial charge in [-0.2, -0.15) is 0 Å². The average molecular weight is 421 g/mol. The van der Waals surface area contributed by atoms with Gasteiger partial charge in [-0.3, -0.25) is 9.59 Å². The summed E-state index contributed by atoms with van der Waals surface area (Å²) in [6, 6.07) is 5.80. The number of carbonyl (C=O) groups is 2. The van der Waals surface area contributed by atoms with Gasteiger partial charge in [0.25, 0.3) is 0 Å². The van der Waals surface area contributed by atoms with Crippen LogP contribution < -0.4 is 10.0 Å². The highest BCUT2D eigenvalue weighted by molar-refractivity contribution is 9.10. The van der Waals surface area contributed by atoms with Crippen molar-refractivity contribution in [3.8, 4) is 0 Å². The van der Waals surface area contributed by atoms with Gasteiger partial charge in [0.15, 0.2) is 0 Å². The van der Waals surface area contributed by atoms with Crippen LogP contribution in [0.1, 0.15) is 26.7 Å². The van der Waals surface area contributed by atoms with Gasteiger partial charge >= 0.3 is 5.97 Å². The first-order valence-electron chi connectivity index (χ1n) is 7.45. The van der Waals surface area contributed by atoms with E-state index in [0.29, 0.717) is 0 Å². The molecule has 0 aliphatic heterocycles. The lowest BCUT2D eigenvalue weighted by molar-refractivity contribution is -0.143. The minimum atomic E-state index is -3.65. The number of ether oxygens (including phenoxy) is 1. The molecule has 0 spiro atoms. The van der Waals surface area contributed by atoms with Gasteiger partial charge < -0.3 is 10.1 Å². The third kappa shape index (κ3) is 7.41. The topological polar surface area (TPSA) is 102 Å². The van der Waals surface area contributed by atoms with Crippen molar-refractivity contribution in [1.82, 2.24) is 10.0 Å². The van der Waals surface area contributed by atoms with Gasteiger partial charge in [0, 0.05) is 23.5 Å². The molecule has 0 saturated carbocycles. The molecule has 0 unspecified atom stereocenters. The highest BCUT2D eigenvalue weighted by Crippen LogP contribution is 2.14. The molecule has 0 heterocycles. The molecule has 0 aromatic heterocycles. The lowest BCUT2D eigenvalue weighted by Crippen LogP contribution is -2.37. The number of sulfonamides is 1. The first-order valence-corrected chi connectivity index (χ1v) is 9.72. The number of esters is 1. The third-order valence-corrected chi connectivity index (χ3v) is 4.96. The predicted molar refractivity (Wildman–Crippen MR) is 92.8 cm³/mol. The van der Waals surface area contributed by atoms with Crippen LogP contribution in [0.15, 0.2) is 33.6 Å². The predicted octanol–water partition coefficient (Wildman–Crippen LogP) is 1.58. The fourth-order valence-corrected chi connectivity index (χ4v) is 3.16. The van der Waals surface area contributed by atoms with E-state index in [4.69, 9.17) is 4.74 Å². The van der Waals surface area contributed by atoms with Crippen LogP contribution in [0.5, 0.6) is 0 Å². The van der Waals surface area contributed by atoms with E-state index in [1.807, 2.05) is 0 Å². The maximum atomic E-state index is 12.0. The number of hydrogen-bond donors (Lipinski definition) is 2. The number of halogens is 1. The highest BCUT2D eigenvalue weighted by atomic mass is 79.9. The SMILES string of the molecule is CCOC(=O)C[C@H](C)NC(=O)CCNS(=O)(=O)c1ccc(Br)cc1. The second kappa shape index (κ2) is 9.75. The van der Waals surface area contributed by atoms with Gasteiger partial charge in [-0.25, -0.2) is 13.1 Å². The number of rotatable bonds is 9. The summed E-state index contributed by atoms with van der Waals surface area (Å²) in [5, 5.41) is 2.62. The van der Waals surface area contributed by atoms with E-state index < -0.39 is 10.0 Å². The van der Waals surface area contributed by atoms with Crippen molar-refractivity contribution < 1.29 is 22.7 Å². The van der Waals surface area contributed by atoms with Gasteiger partial charge in [-0.1, -0.05) is 15.9 Å². The molecular weight excluding hydrogens is 400 g/mol. The molecular formula is C15H21BrN2O5S. The van der Waals surface area contributed by atoms with Gasteiger partial charge in [0.05, 0.1) is 17.9 Å². The van der Waals surface area contributed by atoms with Gasteiger partial charge in [0.1, 0.15) is 0 Å². The Morgan fingerprint density at radius 1 is 1.25 bits per heavy atom. The van der Waals surface area contributed by atoms with Crippen molar-refractivity contribution in [3.05, 3.63) is 28.7 Å². The molecule has 24 heavy (non-hydrogen) atoms. The van der Waals surface area contributed by atoms with E-state index in [9.17, 15) is 18.0 Å². The lowest BCUT2D eigenvalue weighted by atomic mass is 10.2. The van der Waals surface area contributed by atoms with E-state index in [2.05, 4.69) is 26.0 Å². The number of hydrogen-bond acceptors (Lipinski definition) is 5. The Labute approximate surface area is 150 Å². The number of carbonyl (C=O) groups excluding carboxylic acids is 2. The zero-order chi connectivity index (χ0) is 18.2. The largest absolute Gasteiger partial charge is 0.466 e. The van der Waals surface area contributed by atoms with E-state index in [-0.39, 0.29) is 48.8 Å². The Bertz CT molecular complexity index is 661. The Kier molecular flexibility index (Phi) is 8.37. The molecule has 0 fully saturated rings. The van der Waals surface area contributed by atoms with Crippen LogP contribution >= 0.6 is 15.9 Å². The van der Waals surface area contributed by atoms with Crippen LogP contribution in [0.25, 0.3) is 0 Å². The van der Waals surface area contributed by atoms with Crippen molar-refractivity contribution in [3.63, 3.8) is 0 Å². The summed E-state index contributed by atoms with van der Waals surface area (Å²) in [5.74, 6) is -0.730. The Morgan fingerprint density at radius 2 is 1.88 bits per heavy atom. The van der Waals surface area contributed by atoms with E-state index in [0.717, 1.165) is 4.47 Å². The fourth-order valence-electron chi connectivity index (χ4n) is 1.86. The summed E-state index contributed by atoms with van der Waals surface area (Å²) in [6.07, 6.45) is 0.0487. The fraction of sp³-hybridized carbons (Fsp3) is 0.467. The normalized spacial score (nSPS) is 12.5. The molecule has 1 aromatic carbocycles. The molecule has 7 nitrogen and oxygen atoms in total. The summed E-state index contributed by atoms with van der Waals surface area (Å²) in [7, 11) is -3.65. The van der Waals surface area contributed by atoms with Crippen molar-refractivity contribution in [2.45, 2.75) is 37.6 Å². The molecule has 2 N–H and O–H groups in total. The molecule has 1 atom stereocenters. The average Bonchev–Trinajstić information content (AvgIpc) is 2.47. The molecule has 0 bridgehead atoms. The number of nitrogens with one attached hydrogen (secondary N) is 2. The zero-order valence-corrected chi connectivity index (χ0v) is 15.9. The second-order valence-electron chi connectivity index (χ2n) is 5.08. The van der Waals surface area contributed by atoms with Crippen LogP contribution in [0, 0.1) is 0 Å².